The zero-order valence-electron chi connectivity index (χ0n) is 11.3. The summed E-state index contributed by atoms with van der Waals surface area (Å²) in [5, 5.41) is 6.68. The molecule has 0 aliphatic heterocycles. The van der Waals surface area contributed by atoms with Crippen LogP contribution in [0.15, 0.2) is 22.7 Å². The lowest BCUT2D eigenvalue weighted by molar-refractivity contribution is 0.0951. The highest BCUT2D eigenvalue weighted by Gasteiger charge is 2.11. The van der Waals surface area contributed by atoms with Crippen molar-refractivity contribution in [3.63, 3.8) is 0 Å². The Hall–Kier alpha value is -2.30. The summed E-state index contributed by atoms with van der Waals surface area (Å²) in [6, 6.07) is 5.27. The molecular weight excluding hydrogens is 242 g/mol. The molecule has 0 spiro atoms. The minimum absolute atomic E-state index is 0.160. The molecule has 0 saturated heterocycles. The van der Waals surface area contributed by atoms with Crippen molar-refractivity contribution in [3.05, 3.63) is 46.3 Å². The molecule has 2 rings (SSSR count). The van der Waals surface area contributed by atoms with Crippen molar-refractivity contribution < 1.29 is 9.32 Å². The molecule has 100 valence electrons. The van der Waals surface area contributed by atoms with Gasteiger partial charge in [0.2, 0.25) is 0 Å². The van der Waals surface area contributed by atoms with Crippen LogP contribution in [0, 0.1) is 20.8 Å². The number of amides is 1. The third-order valence-corrected chi connectivity index (χ3v) is 3.15. The fraction of sp³-hybridized carbons (Fsp3) is 0.286. The largest absolute Gasteiger partial charge is 0.398 e. The van der Waals surface area contributed by atoms with Gasteiger partial charge >= 0.3 is 0 Å². The number of benzene rings is 1. The van der Waals surface area contributed by atoms with Crippen LogP contribution in [0.2, 0.25) is 0 Å². The first-order valence-corrected chi connectivity index (χ1v) is 6.05. The number of aromatic nitrogens is 1. The summed E-state index contributed by atoms with van der Waals surface area (Å²) in [7, 11) is 0. The molecule has 5 heteroatoms. The second-order valence-electron chi connectivity index (χ2n) is 4.56. The third kappa shape index (κ3) is 2.76. The molecule has 1 aromatic carbocycles. The minimum Gasteiger partial charge on any atom is -0.398 e. The van der Waals surface area contributed by atoms with E-state index in [1.807, 2.05) is 26.8 Å². The third-order valence-electron chi connectivity index (χ3n) is 3.15. The topological polar surface area (TPSA) is 81.2 Å². The van der Waals surface area contributed by atoms with Crippen molar-refractivity contribution in [2.75, 3.05) is 5.73 Å². The molecule has 5 nitrogen and oxygen atoms in total. The maximum Gasteiger partial charge on any atom is 0.251 e. The van der Waals surface area contributed by atoms with Gasteiger partial charge in [-0.25, -0.2) is 0 Å². The Morgan fingerprint density at radius 2 is 2.11 bits per heavy atom. The molecule has 2 aromatic rings. The van der Waals surface area contributed by atoms with Crippen LogP contribution >= 0.6 is 0 Å². The van der Waals surface area contributed by atoms with Crippen LogP contribution < -0.4 is 11.1 Å². The number of carbonyl (C=O) groups excluding carboxylic acids is 1. The van der Waals surface area contributed by atoms with E-state index in [-0.39, 0.29) is 5.91 Å². The zero-order valence-corrected chi connectivity index (χ0v) is 11.3. The number of hydrogen-bond donors (Lipinski definition) is 2. The van der Waals surface area contributed by atoms with Gasteiger partial charge in [0, 0.05) is 23.4 Å². The molecule has 0 bridgehead atoms. The van der Waals surface area contributed by atoms with Crippen molar-refractivity contribution in [1.29, 1.82) is 0 Å². The van der Waals surface area contributed by atoms with Crippen molar-refractivity contribution in [2.45, 2.75) is 27.3 Å². The molecule has 0 fully saturated rings. The number of nitrogens with one attached hydrogen (secondary N) is 1. The monoisotopic (exact) mass is 259 g/mol. The van der Waals surface area contributed by atoms with Gasteiger partial charge in [-0.3, -0.25) is 4.79 Å². The van der Waals surface area contributed by atoms with E-state index in [1.165, 1.54) is 0 Å². The van der Waals surface area contributed by atoms with E-state index in [0.717, 1.165) is 22.6 Å². The normalized spacial score (nSPS) is 10.5. The molecule has 0 atom stereocenters. The van der Waals surface area contributed by atoms with Crippen molar-refractivity contribution >= 4 is 11.6 Å². The molecule has 0 saturated carbocycles. The Morgan fingerprint density at radius 1 is 1.37 bits per heavy atom. The SMILES string of the molecule is Cc1ccc(C(=O)NCc2c(C)noc2C)cc1N. The van der Waals surface area contributed by atoms with Crippen molar-refractivity contribution in [1.82, 2.24) is 10.5 Å². The highest BCUT2D eigenvalue weighted by atomic mass is 16.5. The summed E-state index contributed by atoms with van der Waals surface area (Å²) in [6.07, 6.45) is 0. The summed E-state index contributed by atoms with van der Waals surface area (Å²) in [4.78, 5) is 12.0. The number of anilines is 1. The number of nitrogens with zero attached hydrogens (tertiary/aromatic N) is 1. The Morgan fingerprint density at radius 3 is 2.68 bits per heavy atom. The average Bonchev–Trinajstić information content (AvgIpc) is 2.69. The number of nitrogen functional groups attached to an aromatic ring is 1. The summed E-state index contributed by atoms with van der Waals surface area (Å²) in [5.41, 5.74) is 9.62. The van der Waals surface area contributed by atoms with Crippen molar-refractivity contribution in [3.8, 4) is 0 Å². The molecule has 0 radical (unpaired) electrons. The lowest BCUT2D eigenvalue weighted by Gasteiger charge is -2.07. The van der Waals surface area contributed by atoms with Gasteiger partial charge in [0.15, 0.2) is 0 Å². The first-order valence-electron chi connectivity index (χ1n) is 6.05. The van der Waals surface area contributed by atoms with E-state index in [9.17, 15) is 4.79 Å². The van der Waals surface area contributed by atoms with E-state index in [4.69, 9.17) is 10.3 Å². The minimum atomic E-state index is -0.160. The molecule has 0 aliphatic carbocycles. The van der Waals surface area contributed by atoms with Gasteiger partial charge in [0.05, 0.1) is 5.69 Å². The molecule has 3 N–H and O–H groups in total. The zero-order chi connectivity index (χ0) is 14.0. The maximum atomic E-state index is 12.0. The predicted octanol–water partition coefficient (Wildman–Crippen LogP) is 2.11. The van der Waals surface area contributed by atoms with E-state index in [0.29, 0.717) is 17.8 Å². The molecule has 1 heterocycles. The van der Waals surface area contributed by atoms with Gasteiger partial charge in [-0.1, -0.05) is 11.2 Å². The maximum absolute atomic E-state index is 12.0. The molecule has 1 amide bonds. The standard InChI is InChI=1S/C14H17N3O2/c1-8-4-5-11(6-13(8)15)14(18)16-7-12-9(2)17-19-10(12)3/h4-6H,7,15H2,1-3H3,(H,16,18). The van der Waals surface area contributed by atoms with Gasteiger partial charge in [-0.05, 0) is 38.5 Å². The van der Waals surface area contributed by atoms with E-state index >= 15 is 0 Å². The molecular formula is C14H17N3O2. The summed E-state index contributed by atoms with van der Waals surface area (Å²) < 4.78 is 5.05. The highest BCUT2D eigenvalue weighted by molar-refractivity contribution is 5.95. The molecule has 19 heavy (non-hydrogen) atoms. The fourth-order valence-corrected chi connectivity index (χ4v) is 1.81. The number of carbonyl (C=O) groups is 1. The number of hydrogen-bond acceptors (Lipinski definition) is 4. The Labute approximate surface area is 111 Å². The predicted molar refractivity (Wildman–Crippen MR) is 72.7 cm³/mol. The number of rotatable bonds is 3. The quantitative estimate of drug-likeness (QED) is 0.827. The lowest BCUT2D eigenvalue weighted by Crippen LogP contribution is -2.23. The first kappa shape index (κ1) is 13.1. The van der Waals surface area contributed by atoms with E-state index < -0.39 is 0 Å². The van der Waals surface area contributed by atoms with Gasteiger partial charge in [-0.15, -0.1) is 0 Å². The Bertz CT molecular complexity index is 598. The van der Waals surface area contributed by atoms with Crippen LogP contribution in [-0.2, 0) is 6.54 Å². The van der Waals surface area contributed by atoms with Crippen molar-refractivity contribution in [2.24, 2.45) is 0 Å². The Balaban J connectivity index is 2.07. The van der Waals surface area contributed by atoms with Crippen LogP contribution in [0.3, 0.4) is 0 Å². The highest BCUT2D eigenvalue weighted by Crippen LogP contribution is 2.14. The molecule has 0 unspecified atom stereocenters. The van der Waals surface area contributed by atoms with E-state index in [1.54, 1.807) is 12.1 Å². The summed E-state index contributed by atoms with van der Waals surface area (Å²) >= 11 is 0. The number of aryl methyl sites for hydroxylation is 3. The second-order valence-corrected chi connectivity index (χ2v) is 4.56. The summed E-state index contributed by atoms with van der Waals surface area (Å²) in [5.74, 6) is 0.563. The average molecular weight is 259 g/mol. The second kappa shape index (κ2) is 5.14. The smallest absolute Gasteiger partial charge is 0.251 e. The van der Waals surface area contributed by atoms with Crippen LogP contribution in [0.5, 0.6) is 0 Å². The van der Waals surface area contributed by atoms with E-state index in [2.05, 4.69) is 10.5 Å². The lowest BCUT2D eigenvalue weighted by atomic mass is 10.1. The van der Waals surface area contributed by atoms with Gasteiger partial charge < -0.3 is 15.6 Å². The van der Waals surface area contributed by atoms with Crippen LogP contribution in [0.4, 0.5) is 5.69 Å². The first-order chi connectivity index (χ1) is 8.99. The van der Waals surface area contributed by atoms with Gasteiger partial charge in [0.1, 0.15) is 5.76 Å². The van der Waals surface area contributed by atoms with Crippen LogP contribution in [0.25, 0.3) is 0 Å². The van der Waals surface area contributed by atoms with Gasteiger partial charge in [0.25, 0.3) is 5.91 Å². The van der Waals surface area contributed by atoms with Crippen LogP contribution in [0.1, 0.15) is 32.9 Å². The summed E-state index contributed by atoms with van der Waals surface area (Å²) in [6.45, 7) is 5.97. The fourth-order valence-electron chi connectivity index (χ4n) is 1.81. The Kier molecular flexibility index (Phi) is 3.55. The van der Waals surface area contributed by atoms with Crippen LogP contribution in [-0.4, -0.2) is 11.1 Å². The molecule has 1 aromatic heterocycles. The van der Waals surface area contributed by atoms with Gasteiger partial charge in [-0.2, -0.15) is 0 Å². The number of nitrogens with two attached hydrogens (primary N) is 1. The molecule has 0 aliphatic rings.